The lowest BCUT2D eigenvalue weighted by molar-refractivity contribution is -0.137. The van der Waals surface area contributed by atoms with E-state index in [-0.39, 0.29) is 44.2 Å². The Balaban J connectivity index is 1.54. The van der Waals surface area contributed by atoms with Crippen LogP contribution in [0, 0.1) is 11.8 Å². The molecule has 0 aliphatic carbocycles. The van der Waals surface area contributed by atoms with Crippen LogP contribution >= 0.6 is 0 Å². The van der Waals surface area contributed by atoms with E-state index in [4.69, 9.17) is 9.47 Å². The summed E-state index contributed by atoms with van der Waals surface area (Å²) in [6.07, 6.45) is -4.49. The minimum atomic E-state index is -4.49. The molecule has 33 heavy (non-hydrogen) atoms. The smallest absolute Gasteiger partial charge is 0.416 e. The molecule has 4 rings (SSSR count). The van der Waals surface area contributed by atoms with Gasteiger partial charge in [0.1, 0.15) is 0 Å². The minimum absolute atomic E-state index is 0.127. The highest BCUT2D eigenvalue weighted by molar-refractivity contribution is 5.84. The van der Waals surface area contributed by atoms with Crippen LogP contribution < -0.4 is 14.8 Å². The summed E-state index contributed by atoms with van der Waals surface area (Å²) in [5.41, 5.74) is 0.427. The second kappa shape index (κ2) is 8.96. The zero-order valence-electron chi connectivity index (χ0n) is 18.3. The van der Waals surface area contributed by atoms with E-state index in [0.717, 1.165) is 17.7 Å². The fraction of sp³-hybridized carbons (Fsp3) is 0.417. The molecular formula is C24H25F3N2O4. The minimum Gasteiger partial charge on any atom is -0.454 e. The maximum atomic E-state index is 13.3. The van der Waals surface area contributed by atoms with Gasteiger partial charge in [0.2, 0.25) is 18.6 Å². The van der Waals surface area contributed by atoms with E-state index in [0.29, 0.717) is 17.1 Å². The van der Waals surface area contributed by atoms with E-state index in [1.165, 1.54) is 6.07 Å². The van der Waals surface area contributed by atoms with Gasteiger partial charge < -0.3 is 19.7 Å². The Bertz CT molecular complexity index is 1050. The molecule has 2 atom stereocenters. The van der Waals surface area contributed by atoms with Gasteiger partial charge in [-0.1, -0.05) is 38.1 Å². The predicted molar refractivity (Wildman–Crippen MR) is 114 cm³/mol. The van der Waals surface area contributed by atoms with Crippen LogP contribution in [-0.4, -0.2) is 36.6 Å². The number of rotatable bonds is 5. The number of fused-ring (bicyclic) bond motifs is 1. The number of halogens is 3. The van der Waals surface area contributed by atoms with Crippen molar-refractivity contribution in [2.45, 2.75) is 32.5 Å². The lowest BCUT2D eigenvalue weighted by Crippen LogP contribution is -2.36. The molecule has 2 aromatic rings. The van der Waals surface area contributed by atoms with Gasteiger partial charge in [0.15, 0.2) is 11.5 Å². The second-order valence-electron chi connectivity index (χ2n) is 8.64. The molecule has 1 N–H and O–H groups in total. The molecule has 176 valence electrons. The van der Waals surface area contributed by atoms with Crippen LogP contribution in [0.2, 0.25) is 0 Å². The fourth-order valence-corrected chi connectivity index (χ4v) is 4.27. The summed E-state index contributed by atoms with van der Waals surface area (Å²) in [5, 5.41) is 2.87. The SMILES string of the molecule is CC(C)C(=O)N1C[C@H](C(=O)NCc2ccc3c(c2)OCO3)[C@H](c2cccc(C(F)(F)F)c2)C1. The van der Waals surface area contributed by atoms with Crippen molar-refractivity contribution in [1.82, 2.24) is 10.2 Å². The topological polar surface area (TPSA) is 67.9 Å². The van der Waals surface area contributed by atoms with Crippen molar-refractivity contribution in [3.63, 3.8) is 0 Å². The monoisotopic (exact) mass is 462 g/mol. The number of carbonyl (C=O) groups excluding carboxylic acids is 2. The summed E-state index contributed by atoms with van der Waals surface area (Å²) in [4.78, 5) is 27.3. The lowest BCUT2D eigenvalue weighted by atomic mass is 9.87. The van der Waals surface area contributed by atoms with E-state index in [2.05, 4.69) is 5.32 Å². The van der Waals surface area contributed by atoms with Crippen molar-refractivity contribution < 1.29 is 32.2 Å². The van der Waals surface area contributed by atoms with Gasteiger partial charge in [0.05, 0.1) is 11.5 Å². The Morgan fingerprint density at radius 3 is 2.58 bits per heavy atom. The van der Waals surface area contributed by atoms with E-state index in [1.807, 2.05) is 0 Å². The van der Waals surface area contributed by atoms with E-state index < -0.39 is 23.6 Å². The summed E-state index contributed by atoms with van der Waals surface area (Å²) in [5.74, 6) is -0.682. The van der Waals surface area contributed by atoms with Gasteiger partial charge in [-0.2, -0.15) is 13.2 Å². The fourth-order valence-electron chi connectivity index (χ4n) is 4.27. The Hall–Kier alpha value is -3.23. The molecule has 6 nitrogen and oxygen atoms in total. The summed E-state index contributed by atoms with van der Waals surface area (Å²) in [7, 11) is 0. The summed E-state index contributed by atoms with van der Waals surface area (Å²) in [6, 6.07) is 10.3. The lowest BCUT2D eigenvalue weighted by Gasteiger charge is -2.19. The van der Waals surface area contributed by atoms with Gasteiger partial charge in [-0.15, -0.1) is 0 Å². The van der Waals surface area contributed by atoms with Crippen molar-refractivity contribution in [1.29, 1.82) is 0 Å². The van der Waals surface area contributed by atoms with E-state index in [1.54, 1.807) is 43.0 Å². The van der Waals surface area contributed by atoms with Crippen LogP contribution in [0.3, 0.4) is 0 Å². The van der Waals surface area contributed by atoms with E-state index in [9.17, 15) is 22.8 Å². The number of benzene rings is 2. The zero-order chi connectivity index (χ0) is 23.8. The van der Waals surface area contributed by atoms with Gasteiger partial charge in [-0.05, 0) is 29.3 Å². The zero-order valence-corrected chi connectivity index (χ0v) is 18.3. The highest BCUT2D eigenvalue weighted by atomic mass is 19.4. The van der Waals surface area contributed by atoms with Gasteiger partial charge in [0, 0.05) is 31.5 Å². The number of nitrogens with one attached hydrogen (secondary N) is 1. The molecule has 0 radical (unpaired) electrons. The third-order valence-electron chi connectivity index (χ3n) is 6.01. The van der Waals surface area contributed by atoms with E-state index >= 15 is 0 Å². The molecule has 0 aromatic heterocycles. The largest absolute Gasteiger partial charge is 0.454 e. The number of hydrogen-bond acceptors (Lipinski definition) is 4. The highest BCUT2D eigenvalue weighted by Crippen LogP contribution is 2.37. The Labute approximate surface area is 189 Å². The number of nitrogens with zero attached hydrogens (tertiary/aromatic N) is 1. The van der Waals surface area contributed by atoms with Crippen molar-refractivity contribution in [2.24, 2.45) is 11.8 Å². The van der Waals surface area contributed by atoms with Crippen LogP contribution in [0.1, 0.15) is 36.5 Å². The van der Waals surface area contributed by atoms with Gasteiger partial charge in [0.25, 0.3) is 0 Å². The number of alkyl halides is 3. The first-order valence-electron chi connectivity index (χ1n) is 10.8. The molecule has 1 saturated heterocycles. The third-order valence-corrected chi connectivity index (χ3v) is 6.01. The molecule has 2 amide bonds. The molecular weight excluding hydrogens is 437 g/mol. The first-order valence-corrected chi connectivity index (χ1v) is 10.8. The second-order valence-corrected chi connectivity index (χ2v) is 8.64. The van der Waals surface area contributed by atoms with Crippen LogP contribution in [0.5, 0.6) is 11.5 Å². The first-order chi connectivity index (χ1) is 15.6. The summed E-state index contributed by atoms with van der Waals surface area (Å²) < 4.78 is 50.4. The predicted octanol–water partition coefficient (Wildman–Crippen LogP) is 3.95. The molecule has 2 aliphatic heterocycles. The van der Waals surface area contributed by atoms with Gasteiger partial charge in [-0.25, -0.2) is 0 Å². The summed E-state index contributed by atoms with van der Waals surface area (Å²) in [6.45, 7) is 4.24. The van der Waals surface area contributed by atoms with Crippen molar-refractivity contribution in [2.75, 3.05) is 19.9 Å². The molecule has 0 unspecified atom stereocenters. The normalized spacial score (nSPS) is 19.8. The van der Waals surface area contributed by atoms with Crippen LogP contribution in [0.25, 0.3) is 0 Å². The number of amides is 2. The molecule has 9 heteroatoms. The van der Waals surface area contributed by atoms with Crippen LogP contribution in [0.4, 0.5) is 13.2 Å². The van der Waals surface area contributed by atoms with Crippen molar-refractivity contribution in [3.8, 4) is 11.5 Å². The molecule has 0 spiro atoms. The van der Waals surface area contributed by atoms with Gasteiger partial charge in [-0.3, -0.25) is 9.59 Å². The average molecular weight is 462 g/mol. The summed E-state index contributed by atoms with van der Waals surface area (Å²) >= 11 is 0. The maximum Gasteiger partial charge on any atom is 0.416 e. The molecule has 2 aliphatic rings. The number of likely N-dealkylation sites (tertiary alicyclic amines) is 1. The number of ether oxygens (including phenoxy) is 2. The first kappa shape index (κ1) is 22.9. The molecule has 1 fully saturated rings. The Kier molecular flexibility index (Phi) is 6.23. The number of carbonyl (C=O) groups is 2. The average Bonchev–Trinajstić information content (AvgIpc) is 3.43. The number of hydrogen-bond donors (Lipinski definition) is 1. The van der Waals surface area contributed by atoms with Crippen LogP contribution in [0.15, 0.2) is 42.5 Å². The Morgan fingerprint density at radius 2 is 1.85 bits per heavy atom. The standard InChI is InChI=1S/C24H25F3N2O4/c1-14(2)23(31)29-11-18(16-4-3-5-17(9-16)24(25,26)27)19(12-29)22(30)28-10-15-6-7-20-21(8-15)33-13-32-20/h3-9,14,18-19H,10-13H2,1-2H3,(H,28,30)/t18-,19-/m0/s1. The third kappa shape index (κ3) is 4.91. The highest BCUT2D eigenvalue weighted by Gasteiger charge is 2.41. The maximum absolute atomic E-state index is 13.3. The van der Waals surface area contributed by atoms with Crippen LogP contribution in [-0.2, 0) is 22.3 Å². The molecule has 0 saturated carbocycles. The quantitative estimate of drug-likeness (QED) is 0.731. The molecule has 0 bridgehead atoms. The molecule has 2 aromatic carbocycles. The van der Waals surface area contributed by atoms with Crippen molar-refractivity contribution in [3.05, 3.63) is 59.2 Å². The van der Waals surface area contributed by atoms with Gasteiger partial charge >= 0.3 is 6.18 Å². The van der Waals surface area contributed by atoms with Crippen molar-refractivity contribution >= 4 is 11.8 Å². The molecule has 2 heterocycles. The Morgan fingerprint density at radius 1 is 1.09 bits per heavy atom.